The minimum Gasteiger partial charge on any atom is -0.465 e. The Bertz CT molecular complexity index is 1020. The van der Waals surface area contributed by atoms with Crippen molar-refractivity contribution in [2.45, 2.75) is 0 Å². The standard InChI is InChI=1S/C19H14F2N4O3/c1-28-19(27)11-4-2-5-12(8-11)24-16-9-15(22-10-23-16)18(26)25-17-13(20)6-3-7-14(17)21/h2-10H,1H3,(H,25,26)(H,22,23,24). The summed E-state index contributed by atoms with van der Waals surface area (Å²) in [5, 5.41) is 5.07. The summed E-state index contributed by atoms with van der Waals surface area (Å²) in [6.45, 7) is 0. The van der Waals surface area contributed by atoms with E-state index in [1.165, 1.54) is 19.2 Å². The quantitative estimate of drug-likeness (QED) is 0.654. The summed E-state index contributed by atoms with van der Waals surface area (Å²) in [4.78, 5) is 31.7. The smallest absolute Gasteiger partial charge is 0.337 e. The van der Waals surface area contributed by atoms with Crippen molar-refractivity contribution in [1.82, 2.24) is 9.97 Å². The molecule has 3 aromatic rings. The predicted octanol–water partition coefficient (Wildman–Crippen LogP) is 3.54. The minimum absolute atomic E-state index is 0.107. The van der Waals surface area contributed by atoms with Crippen LogP contribution in [0.5, 0.6) is 0 Å². The van der Waals surface area contributed by atoms with Gasteiger partial charge in [-0.1, -0.05) is 12.1 Å². The first kappa shape index (κ1) is 18.9. The van der Waals surface area contributed by atoms with Crippen LogP contribution in [0.2, 0.25) is 0 Å². The molecule has 0 atom stereocenters. The first-order valence-electron chi connectivity index (χ1n) is 8.00. The van der Waals surface area contributed by atoms with Crippen molar-refractivity contribution in [3.05, 3.63) is 77.8 Å². The van der Waals surface area contributed by atoms with Gasteiger partial charge < -0.3 is 15.4 Å². The van der Waals surface area contributed by atoms with Gasteiger partial charge in [0.05, 0.1) is 12.7 Å². The van der Waals surface area contributed by atoms with Gasteiger partial charge >= 0.3 is 5.97 Å². The molecule has 0 fully saturated rings. The highest BCUT2D eigenvalue weighted by Crippen LogP contribution is 2.20. The van der Waals surface area contributed by atoms with Crippen LogP contribution < -0.4 is 10.6 Å². The average Bonchev–Trinajstić information content (AvgIpc) is 2.70. The largest absolute Gasteiger partial charge is 0.465 e. The molecule has 1 aromatic heterocycles. The van der Waals surface area contributed by atoms with E-state index in [-0.39, 0.29) is 11.5 Å². The second-order valence-corrected chi connectivity index (χ2v) is 5.54. The molecule has 2 N–H and O–H groups in total. The van der Waals surface area contributed by atoms with Crippen molar-refractivity contribution in [3.63, 3.8) is 0 Å². The number of esters is 1. The molecule has 0 aliphatic rings. The summed E-state index contributed by atoms with van der Waals surface area (Å²) >= 11 is 0. The maximum Gasteiger partial charge on any atom is 0.337 e. The van der Waals surface area contributed by atoms with E-state index < -0.39 is 29.2 Å². The molecule has 0 saturated carbocycles. The summed E-state index contributed by atoms with van der Waals surface area (Å²) < 4.78 is 32.0. The molecule has 142 valence electrons. The van der Waals surface area contributed by atoms with Gasteiger partial charge in [-0.15, -0.1) is 0 Å². The molecule has 3 rings (SSSR count). The highest BCUT2D eigenvalue weighted by Gasteiger charge is 2.15. The average molecular weight is 384 g/mol. The van der Waals surface area contributed by atoms with Crippen molar-refractivity contribution >= 4 is 29.1 Å². The summed E-state index contributed by atoms with van der Waals surface area (Å²) in [7, 11) is 1.27. The van der Waals surface area contributed by atoms with Gasteiger partial charge in [-0.25, -0.2) is 23.5 Å². The van der Waals surface area contributed by atoms with Gasteiger partial charge in [-0.05, 0) is 30.3 Å². The second kappa shape index (κ2) is 8.21. The first-order chi connectivity index (χ1) is 13.5. The Morgan fingerprint density at radius 2 is 1.71 bits per heavy atom. The van der Waals surface area contributed by atoms with Crippen LogP contribution >= 0.6 is 0 Å². The summed E-state index contributed by atoms with van der Waals surface area (Å²) in [5.41, 5.74) is 0.179. The lowest BCUT2D eigenvalue weighted by Gasteiger charge is -2.09. The van der Waals surface area contributed by atoms with Crippen LogP contribution in [-0.4, -0.2) is 29.0 Å². The third-order valence-electron chi connectivity index (χ3n) is 3.66. The number of hydrogen-bond donors (Lipinski definition) is 2. The van der Waals surface area contributed by atoms with E-state index in [9.17, 15) is 18.4 Å². The lowest BCUT2D eigenvalue weighted by Crippen LogP contribution is -2.16. The van der Waals surface area contributed by atoms with Crippen LogP contribution in [0.25, 0.3) is 0 Å². The molecule has 0 aliphatic carbocycles. The molecule has 9 heteroatoms. The summed E-state index contributed by atoms with van der Waals surface area (Å²) in [5.74, 6) is -2.87. The van der Waals surface area contributed by atoms with Crippen LogP contribution in [0.15, 0.2) is 54.9 Å². The molecule has 1 heterocycles. The Balaban J connectivity index is 1.79. The topological polar surface area (TPSA) is 93.2 Å². The third-order valence-corrected chi connectivity index (χ3v) is 3.66. The number of anilines is 3. The molecule has 0 radical (unpaired) electrons. The Morgan fingerprint density at radius 3 is 2.43 bits per heavy atom. The molecule has 0 unspecified atom stereocenters. The Hall–Kier alpha value is -3.88. The summed E-state index contributed by atoms with van der Waals surface area (Å²) in [6, 6.07) is 11.0. The third kappa shape index (κ3) is 4.26. The van der Waals surface area contributed by atoms with Crippen LogP contribution in [0, 0.1) is 11.6 Å². The molecule has 0 bridgehead atoms. The van der Waals surface area contributed by atoms with E-state index in [1.807, 2.05) is 0 Å². The number of benzene rings is 2. The Morgan fingerprint density at radius 1 is 1.00 bits per heavy atom. The maximum absolute atomic E-state index is 13.7. The van der Waals surface area contributed by atoms with Crippen molar-refractivity contribution in [2.24, 2.45) is 0 Å². The number of amides is 1. The van der Waals surface area contributed by atoms with Gasteiger partial charge in [0, 0.05) is 11.8 Å². The highest BCUT2D eigenvalue weighted by molar-refractivity contribution is 6.03. The lowest BCUT2D eigenvalue weighted by atomic mass is 10.2. The Labute approximate surface area is 158 Å². The Kier molecular flexibility index (Phi) is 5.54. The number of hydrogen-bond acceptors (Lipinski definition) is 6. The molecule has 7 nitrogen and oxygen atoms in total. The van der Waals surface area contributed by atoms with Gasteiger partial charge in [0.25, 0.3) is 5.91 Å². The fraction of sp³-hybridized carbons (Fsp3) is 0.0526. The van der Waals surface area contributed by atoms with Crippen LogP contribution in [0.1, 0.15) is 20.8 Å². The molecule has 28 heavy (non-hydrogen) atoms. The van der Waals surface area contributed by atoms with Crippen molar-refractivity contribution in [2.75, 3.05) is 17.7 Å². The zero-order valence-corrected chi connectivity index (χ0v) is 14.6. The fourth-order valence-corrected chi connectivity index (χ4v) is 2.33. The number of nitrogens with one attached hydrogen (secondary N) is 2. The SMILES string of the molecule is COC(=O)c1cccc(Nc2cc(C(=O)Nc3c(F)cccc3F)ncn2)c1. The minimum atomic E-state index is -0.902. The number of nitrogens with zero attached hydrogens (tertiary/aromatic N) is 2. The zero-order chi connectivity index (χ0) is 20.1. The molecular formula is C19H14F2N4O3. The van der Waals surface area contributed by atoms with E-state index >= 15 is 0 Å². The van der Waals surface area contributed by atoms with E-state index in [1.54, 1.807) is 24.3 Å². The highest BCUT2D eigenvalue weighted by atomic mass is 19.1. The monoisotopic (exact) mass is 384 g/mol. The van der Waals surface area contributed by atoms with E-state index in [0.29, 0.717) is 11.3 Å². The number of carbonyl (C=O) groups excluding carboxylic acids is 2. The van der Waals surface area contributed by atoms with Crippen molar-refractivity contribution in [1.29, 1.82) is 0 Å². The zero-order valence-electron chi connectivity index (χ0n) is 14.6. The molecule has 1 amide bonds. The van der Waals surface area contributed by atoms with Crippen LogP contribution in [0.3, 0.4) is 0 Å². The molecule has 0 saturated heterocycles. The fourth-order valence-electron chi connectivity index (χ4n) is 2.33. The van der Waals surface area contributed by atoms with Gasteiger partial charge in [0.1, 0.15) is 35.2 Å². The number of halogens is 2. The van der Waals surface area contributed by atoms with Gasteiger partial charge in [-0.2, -0.15) is 0 Å². The van der Waals surface area contributed by atoms with Crippen LogP contribution in [0.4, 0.5) is 26.0 Å². The van der Waals surface area contributed by atoms with Crippen molar-refractivity contribution < 1.29 is 23.1 Å². The van der Waals surface area contributed by atoms with Crippen molar-refractivity contribution in [3.8, 4) is 0 Å². The number of para-hydroxylation sites is 1. The molecule has 0 spiro atoms. The van der Waals surface area contributed by atoms with E-state index in [4.69, 9.17) is 0 Å². The molecule has 0 aliphatic heterocycles. The van der Waals surface area contributed by atoms with Crippen LogP contribution in [-0.2, 0) is 4.74 Å². The molecular weight excluding hydrogens is 370 g/mol. The first-order valence-corrected chi connectivity index (χ1v) is 8.00. The summed E-state index contributed by atoms with van der Waals surface area (Å²) in [6.07, 6.45) is 1.12. The van der Waals surface area contributed by atoms with E-state index in [0.717, 1.165) is 18.5 Å². The molecule has 2 aromatic carbocycles. The second-order valence-electron chi connectivity index (χ2n) is 5.54. The number of aromatic nitrogens is 2. The number of rotatable bonds is 5. The van der Waals surface area contributed by atoms with Gasteiger partial charge in [-0.3, -0.25) is 4.79 Å². The number of ether oxygens (including phenoxy) is 1. The normalized spacial score (nSPS) is 10.2. The lowest BCUT2D eigenvalue weighted by molar-refractivity contribution is 0.0600. The predicted molar refractivity (Wildman–Crippen MR) is 97.4 cm³/mol. The number of carbonyl (C=O) groups is 2. The number of methoxy groups -OCH3 is 1. The van der Waals surface area contributed by atoms with Gasteiger partial charge in [0.15, 0.2) is 0 Å². The maximum atomic E-state index is 13.7. The van der Waals surface area contributed by atoms with E-state index in [2.05, 4.69) is 25.3 Å². The van der Waals surface area contributed by atoms with Gasteiger partial charge in [0.2, 0.25) is 0 Å².